The average molecular weight is 802 g/mol. The fourth-order valence-corrected chi connectivity index (χ4v) is 11.2. The summed E-state index contributed by atoms with van der Waals surface area (Å²) in [6, 6.07) is 1.73. The Hall–Kier alpha value is -0.0800. The summed E-state index contributed by atoms with van der Waals surface area (Å²) in [4.78, 5) is 0. The first kappa shape index (κ1) is 54.9. The van der Waals surface area contributed by atoms with Crippen LogP contribution in [0.15, 0.2) is 0 Å². The molecule has 2 saturated heterocycles. The van der Waals surface area contributed by atoms with Gasteiger partial charge in [0.1, 0.15) is 0 Å². The van der Waals surface area contributed by atoms with Crippen LogP contribution in [0.3, 0.4) is 0 Å². The van der Waals surface area contributed by atoms with Gasteiger partial charge in [0.15, 0.2) is 0 Å². The van der Waals surface area contributed by atoms with E-state index in [9.17, 15) is 5.11 Å². The molecule has 2 unspecified atom stereocenters. The smallest absolute Gasteiger partial charge is 0.0648 e. The molecule has 6 rings (SSSR count). The third-order valence-corrected chi connectivity index (χ3v) is 13.7. The summed E-state index contributed by atoms with van der Waals surface area (Å²) in [6.07, 6.45) is 37.3. The first-order chi connectivity index (χ1) is 25.7. The number of hydrogen-bond donors (Lipinski definition) is 2. The summed E-state index contributed by atoms with van der Waals surface area (Å²) in [7, 11) is 0. The molecule has 2 aliphatic heterocycles. The van der Waals surface area contributed by atoms with Crippen molar-refractivity contribution in [2.24, 2.45) is 50.7 Å². The van der Waals surface area contributed by atoms with Gasteiger partial charge in [-0.15, -0.1) is 0 Å². The Labute approximate surface area is 362 Å². The monoisotopic (exact) mass is 802 g/mol. The van der Waals surface area contributed by atoms with Crippen LogP contribution >= 0.6 is 0 Å². The van der Waals surface area contributed by atoms with Gasteiger partial charge in [-0.2, -0.15) is 0 Å². The van der Waals surface area contributed by atoms with E-state index in [2.05, 4.69) is 109 Å². The SMILES string of the molecule is C.CC(C)(C)CC1CC2CCC(C1)N2.CC(C)(C)CC1CCC1.CC(C)(C)CC1CCCC1.CC(C)(C)CC1CCCCC1.CC(C)(C)CCC1(O)CCCCC1. The lowest BCUT2D eigenvalue weighted by molar-refractivity contribution is -0.0123. The second kappa shape index (κ2) is 25.1. The van der Waals surface area contributed by atoms with Crippen LogP contribution in [-0.2, 0) is 0 Å². The molecule has 0 radical (unpaired) electrons. The normalized spacial score (nSPS) is 25.8. The maximum absolute atomic E-state index is 10.2. The number of fused-ring (bicyclic) bond motifs is 2. The first-order valence-corrected chi connectivity index (χ1v) is 25.2. The van der Waals surface area contributed by atoms with Crippen molar-refractivity contribution in [1.82, 2.24) is 5.32 Å². The van der Waals surface area contributed by atoms with Gasteiger partial charge >= 0.3 is 0 Å². The van der Waals surface area contributed by atoms with Crippen LogP contribution < -0.4 is 5.32 Å². The van der Waals surface area contributed by atoms with E-state index in [4.69, 9.17) is 0 Å². The van der Waals surface area contributed by atoms with E-state index in [1.165, 1.54) is 148 Å². The Balaban J connectivity index is 0.000000357. The molecular weight excluding hydrogens is 691 g/mol. The van der Waals surface area contributed by atoms with Crippen LogP contribution in [0.4, 0.5) is 0 Å². The molecule has 6 fully saturated rings. The zero-order valence-electron chi connectivity index (χ0n) is 41.5. The zero-order chi connectivity index (χ0) is 42.3. The highest BCUT2D eigenvalue weighted by atomic mass is 16.3. The molecule has 0 aromatic rings. The van der Waals surface area contributed by atoms with Crippen molar-refractivity contribution >= 4 is 0 Å². The lowest BCUT2D eigenvalue weighted by atomic mass is 9.74. The summed E-state index contributed by atoms with van der Waals surface area (Å²) in [6.45, 7) is 35.0. The summed E-state index contributed by atoms with van der Waals surface area (Å²) in [5.41, 5.74) is 2.28. The van der Waals surface area contributed by atoms with Gasteiger partial charge in [-0.3, -0.25) is 0 Å². The van der Waals surface area contributed by atoms with E-state index in [0.717, 1.165) is 61.4 Å². The highest BCUT2D eigenvalue weighted by molar-refractivity contribution is 4.93. The van der Waals surface area contributed by atoms with Gasteiger partial charge in [0.2, 0.25) is 0 Å². The number of rotatable bonds is 6. The lowest BCUT2D eigenvalue weighted by Gasteiger charge is -2.34. The van der Waals surface area contributed by atoms with Gasteiger partial charge in [-0.05, 0) is 128 Å². The van der Waals surface area contributed by atoms with Crippen LogP contribution in [0.2, 0.25) is 0 Å². The number of nitrogens with one attached hydrogen (secondary N) is 1. The summed E-state index contributed by atoms with van der Waals surface area (Å²) in [5.74, 6) is 4.17. The van der Waals surface area contributed by atoms with Crippen LogP contribution in [0.5, 0.6) is 0 Å². The number of aliphatic hydroxyl groups is 1. The second-order valence-corrected chi connectivity index (χ2v) is 26.8. The Morgan fingerprint density at radius 2 is 0.719 bits per heavy atom. The zero-order valence-corrected chi connectivity index (χ0v) is 41.5. The molecule has 2 heteroatoms. The van der Waals surface area contributed by atoms with Gasteiger partial charge in [-0.1, -0.05) is 208 Å². The maximum Gasteiger partial charge on any atom is 0.0648 e. The quantitative estimate of drug-likeness (QED) is 0.280. The van der Waals surface area contributed by atoms with Crippen LogP contribution in [0.1, 0.15) is 285 Å². The van der Waals surface area contributed by atoms with E-state index in [1.54, 1.807) is 0 Å². The predicted octanol–water partition coefficient (Wildman–Crippen LogP) is 17.9. The topological polar surface area (TPSA) is 32.3 Å². The van der Waals surface area contributed by atoms with Gasteiger partial charge in [-0.25, -0.2) is 0 Å². The third kappa shape index (κ3) is 29.0. The summed E-state index contributed by atoms with van der Waals surface area (Å²) >= 11 is 0. The predicted molar refractivity (Wildman–Crippen MR) is 258 cm³/mol. The second-order valence-electron chi connectivity index (χ2n) is 26.8. The molecule has 2 nitrogen and oxygen atoms in total. The van der Waals surface area contributed by atoms with Gasteiger partial charge in [0, 0.05) is 12.1 Å². The molecule has 2 N–H and O–H groups in total. The van der Waals surface area contributed by atoms with Crippen molar-refractivity contribution < 1.29 is 5.11 Å². The Morgan fingerprint density at radius 1 is 0.404 bits per heavy atom. The molecule has 0 aromatic heterocycles. The van der Waals surface area contributed by atoms with Gasteiger partial charge in [0.25, 0.3) is 0 Å². The molecule has 0 amide bonds. The average Bonchev–Trinajstić information content (AvgIpc) is 3.65. The maximum atomic E-state index is 10.2. The van der Waals surface area contributed by atoms with Crippen molar-refractivity contribution in [3.05, 3.63) is 0 Å². The standard InChI is InChI=1S/C12H23N.C12H24O.C11H22.C10H20.C9H18.CH4/c1-12(2,3)8-9-6-10-4-5-11(7-9)13-10;1-11(2,3)9-10-12(13)7-5-4-6-8-12;1-11(2,3)9-10-7-5-4-6-8-10;1-10(2,3)8-9-6-4-5-7-9;1-9(2,3)7-8-5-4-6-8;/h9-11,13H,4-8H2,1-3H3;13H,4-10H2,1-3H3;10H,4-9H2,1-3H3;9H,4-8H2,1-3H3;8H,4-7H2,1-3H3;1H4. The van der Waals surface area contributed by atoms with E-state index in [-0.39, 0.29) is 13.0 Å². The third-order valence-electron chi connectivity index (χ3n) is 13.7. The Morgan fingerprint density at radius 3 is 1.04 bits per heavy atom. The Bertz CT molecular complexity index is 974. The van der Waals surface area contributed by atoms with Gasteiger partial charge < -0.3 is 10.4 Å². The molecule has 342 valence electrons. The Kier molecular flexibility index (Phi) is 24.2. The van der Waals surface area contributed by atoms with E-state index >= 15 is 0 Å². The van der Waals surface area contributed by atoms with Crippen LogP contribution in [-0.4, -0.2) is 22.8 Å². The molecule has 4 saturated carbocycles. The highest BCUT2D eigenvalue weighted by Gasteiger charge is 2.35. The first-order valence-electron chi connectivity index (χ1n) is 25.2. The molecule has 6 aliphatic rings. The largest absolute Gasteiger partial charge is 0.390 e. The molecule has 0 spiro atoms. The van der Waals surface area contributed by atoms with Crippen molar-refractivity contribution in [2.75, 3.05) is 0 Å². The number of piperidine rings is 1. The summed E-state index contributed by atoms with van der Waals surface area (Å²) in [5, 5.41) is 13.9. The van der Waals surface area contributed by atoms with Crippen LogP contribution in [0, 0.1) is 50.7 Å². The summed E-state index contributed by atoms with van der Waals surface area (Å²) < 4.78 is 0. The minimum Gasteiger partial charge on any atom is -0.390 e. The molecule has 2 bridgehead atoms. The van der Waals surface area contributed by atoms with Crippen LogP contribution in [0.25, 0.3) is 0 Å². The fourth-order valence-electron chi connectivity index (χ4n) is 11.2. The fraction of sp³-hybridized carbons (Fsp3) is 1.00. The molecule has 57 heavy (non-hydrogen) atoms. The van der Waals surface area contributed by atoms with Crippen molar-refractivity contribution in [3.8, 4) is 0 Å². The molecule has 4 aliphatic carbocycles. The van der Waals surface area contributed by atoms with Crippen molar-refractivity contribution in [3.63, 3.8) is 0 Å². The van der Waals surface area contributed by atoms with Gasteiger partial charge in [0.05, 0.1) is 5.60 Å². The minimum atomic E-state index is -0.314. The van der Waals surface area contributed by atoms with Crippen molar-refractivity contribution in [1.29, 1.82) is 0 Å². The van der Waals surface area contributed by atoms with Crippen molar-refractivity contribution in [2.45, 2.75) is 302 Å². The van der Waals surface area contributed by atoms with E-state index in [0.29, 0.717) is 27.1 Å². The molecular formula is C55H111NO. The molecule has 0 aromatic carbocycles. The molecule has 2 atom stereocenters. The highest BCUT2D eigenvalue weighted by Crippen LogP contribution is 2.39. The molecule has 2 heterocycles. The van der Waals surface area contributed by atoms with E-state index < -0.39 is 0 Å². The van der Waals surface area contributed by atoms with E-state index in [1.807, 2.05) is 0 Å². The number of hydrogen-bond acceptors (Lipinski definition) is 2. The minimum absolute atomic E-state index is 0. The lowest BCUT2D eigenvalue weighted by Crippen LogP contribution is -2.39.